The molecule has 0 bridgehead atoms. The first-order chi connectivity index (χ1) is 3.41. The highest BCUT2D eigenvalue weighted by Crippen LogP contribution is 1.12. The molecule has 0 aliphatic rings. The number of nitrogens with two attached hydrogens (primary N) is 1. The molecule has 7 heteroatoms. The first kappa shape index (κ1) is 18.1. The molecule has 7 nitrogen and oxygen atoms in total. The van der Waals surface area contributed by atoms with E-state index < -0.39 is 0 Å². The smallest absolute Gasteiger partial charge is 0.0468 e. The third-order valence-electron chi connectivity index (χ3n) is 0. The Bertz CT molecular complexity index is 38.6. The van der Waals surface area contributed by atoms with Crippen molar-refractivity contribution in [2.75, 3.05) is 0 Å². The lowest BCUT2D eigenvalue weighted by Gasteiger charge is -1.33. The van der Waals surface area contributed by atoms with Crippen LogP contribution >= 0.6 is 0 Å². The molecule has 40 valence electrons. The zero-order valence-corrected chi connectivity index (χ0v) is 3.24. The minimum atomic E-state index is 1.75. The van der Waals surface area contributed by atoms with Gasteiger partial charge in [0.2, 0.25) is 0 Å². The largest absolute Gasteiger partial charge is 0.287 e. The molecule has 0 aliphatic carbocycles. The topological polar surface area (TPSA) is 144 Å². The van der Waals surface area contributed by atoms with Gasteiger partial charge in [-0.15, -0.1) is 4.91 Å². The van der Waals surface area contributed by atoms with Gasteiger partial charge < -0.3 is 0 Å². The van der Waals surface area contributed by atoms with Crippen LogP contribution in [0, 0.1) is 26.2 Å². The van der Waals surface area contributed by atoms with E-state index >= 15 is 0 Å². The zero-order chi connectivity index (χ0) is 6.71. The van der Waals surface area contributed by atoms with Crippen molar-refractivity contribution in [1.82, 2.24) is 0 Å². The van der Waals surface area contributed by atoms with E-state index in [1.54, 1.807) is 5.29 Å². The lowest BCUT2D eigenvalue weighted by atomic mass is 12.9. The van der Waals surface area contributed by atoms with Gasteiger partial charge in [-0.25, -0.2) is 0 Å². The molecule has 0 fully saturated rings. The maximum Gasteiger partial charge on any atom is 0.0468 e. The van der Waals surface area contributed by atoms with Gasteiger partial charge in [-0.2, -0.15) is 4.91 Å². The monoisotopic (exact) mass is 105 g/mol. The van der Waals surface area contributed by atoms with E-state index in [9.17, 15) is 0 Å². The average molecular weight is 105 g/mol. The molecular weight excluding hydrogens is 102 g/mol. The molecule has 0 heterocycles. The van der Waals surface area contributed by atoms with E-state index in [2.05, 4.69) is 11.4 Å². The summed E-state index contributed by atoms with van der Waals surface area (Å²) in [6, 6.07) is 0. The number of nitrogens with one attached hydrogen (secondary N) is 1. The molecule has 0 rings (SSSR count). The van der Waals surface area contributed by atoms with Crippen molar-refractivity contribution in [2.45, 2.75) is 0 Å². The van der Waals surface area contributed by atoms with E-state index in [4.69, 9.17) is 20.6 Å². The van der Waals surface area contributed by atoms with Crippen LogP contribution in [0.25, 0.3) is 0 Å². The number of rotatable bonds is 0. The number of hydrogen-bond donors (Lipinski definition) is 2. The minimum absolute atomic E-state index is 1.75. The fraction of sp³-hybridized carbons (Fsp3) is 0. The SMILES string of the molecule is N#N.N=O.NN=O. The summed E-state index contributed by atoms with van der Waals surface area (Å²) in [5.41, 5.74) is 4.50. The average Bonchev–Trinajstić information content (AvgIpc) is 1.78. The van der Waals surface area contributed by atoms with Crippen molar-refractivity contribution in [1.29, 1.82) is 16.4 Å². The summed E-state index contributed by atoms with van der Waals surface area (Å²) in [6.45, 7) is 0. The Hall–Kier alpha value is -1.58. The summed E-state index contributed by atoms with van der Waals surface area (Å²) in [5, 5.41) is 13.8. The van der Waals surface area contributed by atoms with E-state index in [-0.39, 0.29) is 0 Å². The highest BCUT2D eigenvalue weighted by atomic mass is 16.3. The van der Waals surface area contributed by atoms with Gasteiger partial charge in [0.15, 0.2) is 0 Å². The van der Waals surface area contributed by atoms with Crippen molar-refractivity contribution >= 4 is 0 Å². The first-order valence-electron chi connectivity index (χ1n) is 0.845. The van der Waals surface area contributed by atoms with E-state index in [1.807, 2.05) is 0 Å². The van der Waals surface area contributed by atoms with Gasteiger partial charge >= 0.3 is 0 Å². The molecule has 0 unspecified atom stereocenters. The molecule has 0 aromatic rings. The van der Waals surface area contributed by atoms with Crippen molar-refractivity contribution in [2.24, 2.45) is 11.1 Å². The molecule has 0 aromatic carbocycles. The Morgan fingerprint density at radius 2 is 1.43 bits per heavy atom. The molecule has 0 spiro atoms. The van der Waals surface area contributed by atoms with Gasteiger partial charge in [0, 0.05) is 16.1 Å². The van der Waals surface area contributed by atoms with Gasteiger partial charge in [0.1, 0.15) is 0 Å². The fourth-order valence-corrected chi connectivity index (χ4v) is 0. The third kappa shape index (κ3) is 10.4. The van der Waals surface area contributed by atoms with Crippen molar-refractivity contribution in [3.05, 3.63) is 9.81 Å². The van der Waals surface area contributed by atoms with E-state index in [0.29, 0.717) is 0 Å². The van der Waals surface area contributed by atoms with Crippen LogP contribution in [0.15, 0.2) is 5.29 Å². The third-order valence-corrected chi connectivity index (χ3v) is 0. The van der Waals surface area contributed by atoms with Crippen LogP contribution in [0.4, 0.5) is 0 Å². The molecule has 0 aromatic heterocycles. The Morgan fingerprint density at radius 3 is 1.43 bits per heavy atom. The maximum atomic E-state index is 8.33. The van der Waals surface area contributed by atoms with Crippen LogP contribution in [0.1, 0.15) is 0 Å². The van der Waals surface area contributed by atoms with Gasteiger partial charge in [-0.3, -0.25) is 5.84 Å². The number of hydrogen-bond acceptors (Lipinski definition) is 6. The molecule has 3 N–H and O–H groups in total. The van der Waals surface area contributed by atoms with E-state index in [0.717, 1.165) is 0 Å². The molecular formula is H3N5O2. The lowest BCUT2D eigenvalue weighted by Crippen LogP contribution is -1.66. The van der Waals surface area contributed by atoms with Crippen molar-refractivity contribution < 1.29 is 0 Å². The van der Waals surface area contributed by atoms with Crippen LogP contribution in [-0.2, 0) is 0 Å². The van der Waals surface area contributed by atoms with Crippen LogP contribution in [-0.4, -0.2) is 0 Å². The molecule has 7 heavy (non-hydrogen) atoms. The van der Waals surface area contributed by atoms with Gasteiger partial charge in [0.05, 0.1) is 0 Å². The predicted octanol–water partition coefficient (Wildman–Crippen LogP) is -0.0118. The predicted molar refractivity (Wildman–Crippen MR) is 19.5 cm³/mol. The normalized spacial score (nSPS) is 2.57. The molecule has 0 saturated carbocycles. The summed E-state index contributed by atoms with van der Waals surface area (Å²) >= 11 is 0. The minimum Gasteiger partial charge on any atom is -0.287 e. The lowest BCUT2D eigenvalue weighted by molar-refractivity contribution is 1.15. The van der Waals surface area contributed by atoms with Gasteiger partial charge in [-0.05, 0) is 0 Å². The molecule has 0 saturated heterocycles. The quantitative estimate of drug-likeness (QED) is 0.192. The van der Waals surface area contributed by atoms with Crippen LogP contribution in [0.3, 0.4) is 0 Å². The van der Waals surface area contributed by atoms with Crippen LogP contribution in [0.5, 0.6) is 0 Å². The second-order valence-electron chi connectivity index (χ2n) is 0.105. The Balaban J connectivity index is -0.0000000360. The Morgan fingerprint density at radius 1 is 1.43 bits per heavy atom. The molecule has 0 amide bonds. The number of nitrogens with zero attached hydrogens (tertiary/aromatic N) is 3. The standard InChI is InChI=1S/H2N2O.N2.HNO/c1-2-3;2*1-2/h(H2,1,3);;1H. The van der Waals surface area contributed by atoms with Crippen LogP contribution < -0.4 is 5.84 Å². The maximum absolute atomic E-state index is 8.33. The Kier molecular flexibility index (Phi) is 397. The number of nitroso groups, excluding NO2 is 2. The highest BCUT2D eigenvalue weighted by molar-refractivity contribution is 3.93. The van der Waals surface area contributed by atoms with Crippen molar-refractivity contribution in [3.63, 3.8) is 0 Å². The first-order valence-corrected chi connectivity index (χ1v) is 0.845. The Labute approximate surface area is 38.6 Å². The van der Waals surface area contributed by atoms with E-state index in [1.165, 1.54) is 0 Å². The fourth-order valence-electron chi connectivity index (χ4n) is 0. The second kappa shape index (κ2) is 154. The summed E-state index contributed by atoms with van der Waals surface area (Å²) in [6.07, 6.45) is 0. The van der Waals surface area contributed by atoms with Gasteiger partial charge in [-0.1, -0.05) is 5.59 Å². The van der Waals surface area contributed by atoms with Crippen molar-refractivity contribution in [3.8, 4) is 0 Å². The zero-order valence-electron chi connectivity index (χ0n) is 3.24. The molecule has 0 radical (unpaired) electrons. The molecule has 0 aliphatic heterocycles. The molecule has 0 atom stereocenters. The highest BCUT2D eigenvalue weighted by Gasteiger charge is 1.14. The summed E-state index contributed by atoms with van der Waals surface area (Å²) < 4.78 is 0. The van der Waals surface area contributed by atoms with Gasteiger partial charge in [0.25, 0.3) is 0 Å². The summed E-state index contributed by atoms with van der Waals surface area (Å²) in [7, 11) is 0. The summed E-state index contributed by atoms with van der Waals surface area (Å²) in [5.74, 6) is 3.92. The summed E-state index contributed by atoms with van der Waals surface area (Å²) in [4.78, 5) is 15.8. The second-order valence-corrected chi connectivity index (χ2v) is 0.105. The van der Waals surface area contributed by atoms with Crippen LogP contribution in [0.2, 0.25) is 0 Å².